The van der Waals surface area contributed by atoms with E-state index in [2.05, 4.69) is 4.74 Å². The molecule has 84 valence electrons. The molecule has 0 aliphatic carbocycles. The largest absolute Gasteiger partial charge is 0.496 e. The molecule has 0 amide bonds. The molecule has 1 aromatic carbocycles. The minimum atomic E-state index is -0.526. The van der Waals surface area contributed by atoms with E-state index in [1.54, 1.807) is 6.07 Å². The number of methoxy groups -OCH3 is 1. The Morgan fingerprint density at radius 2 is 2.12 bits per heavy atom. The van der Waals surface area contributed by atoms with E-state index in [0.717, 1.165) is 11.1 Å². The summed E-state index contributed by atoms with van der Waals surface area (Å²) in [5.74, 6) is -0.878. The number of cyclic esters (lactones) is 2. The monoisotopic (exact) mass is 220 g/mol. The smallest absolute Gasteiger partial charge is 0.321 e. The molecule has 1 atom stereocenters. The van der Waals surface area contributed by atoms with Crippen LogP contribution in [0.2, 0.25) is 0 Å². The molecule has 4 nitrogen and oxygen atoms in total. The first-order valence-electron chi connectivity index (χ1n) is 5.01. The lowest BCUT2D eigenvalue weighted by Gasteiger charge is -2.11. The van der Waals surface area contributed by atoms with Crippen molar-refractivity contribution in [2.45, 2.75) is 19.3 Å². The quantitative estimate of drug-likeness (QED) is 0.560. The van der Waals surface area contributed by atoms with Gasteiger partial charge in [-0.25, -0.2) is 0 Å². The average molecular weight is 220 g/mol. The molecule has 0 saturated carbocycles. The van der Waals surface area contributed by atoms with Gasteiger partial charge in [0.25, 0.3) is 0 Å². The van der Waals surface area contributed by atoms with Crippen molar-refractivity contribution in [1.29, 1.82) is 0 Å². The summed E-state index contributed by atoms with van der Waals surface area (Å²) in [7, 11) is 1.54. The average Bonchev–Trinajstić information content (AvgIpc) is 2.57. The van der Waals surface area contributed by atoms with E-state index in [4.69, 9.17) is 4.74 Å². The molecule has 0 bridgehead atoms. The highest BCUT2D eigenvalue weighted by molar-refractivity contribution is 5.98. The summed E-state index contributed by atoms with van der Waals surface area (Å²) in [6, 6.07) is 5.54. The lowest BCUT2D eigenvalue weighted by atomic mass is 9.95. The van der Waals surface area contributed by atoms with Crippen LogP contribution in [0.5, 0.6) is 5.75 Å². The highest BCUT2D eigenvalue weighted by Gasteiger charge is 2.36. The molecule has 1 unspecified atom stereocenters. The second-order valence-electron chi connectivity index (χ2n) is 3.80. The summed E-state index contributed by atoms with van der Waals surface area (Å²) in [4.78, 5) is 22.5. The van der Waals surface area contributed by atoms with E-state index in [-0.39, 0.29) is 6.42 Å². The van der Waals surface area contributed by atoms with Crippen LogP contribution in [0.3, 0.4) is 0 Å². The van der Waals surface area contributed by atoms with Crippen molar-refractivity contribution in [2.75, 3.05) is 7.11 Å². The van der Waals surface area contributed by atoms with Gasteiger partial charge in [-0.2, -0.15) is 0 Å². The van der Waals surface area contributed by atoms with Crippen molar-refractivity contribution in [2.24, 2.45) is 0 Å². The predicted octanol–water partition coefficient (Wildman–Crippen LogP) is 1.56. The highest BCUT2D eigenvalue weighted by Crippen LogP contribution is 2.34. The molecule has 0 spiro atoms. The van der Waals surface area contributed by atoms with Crippen LogP contribution in [-0.4, -0.2) is 19.0 Å². The van der Waals surface area contributed by atoms with Crippen LogP contribution in [0.1, 0.15) is 23.5 Å². The van der Waals surface area contributed by atoms with E-state index < -0.39 is 17.9 Å². The van der Waals surface area contributed by atoms with Gasteiger partial charge in [-0.05, 0) is 13.0 Å². The number of hydrogen-bond donors (Lipinski definition) is 0. The van der Waals surface area contributed by atoms with Crippen molar-refractivity contribution >= 4 is 11.9 Å². The molecule has 0 radical (unpaired) electrons. The second-order valence-corrected chi connectivity index (χ2v) is 3.80. The van der Waals surface area contributed by atoms with Crippen LogP contribution in [0.15, 0.2) is 18.2 Å². The Morgan fingerprint density at radius 3 is 2.69 bits per heavy atom. The van der Waals surface area contributed by atoms with Gasteiger partial charge in [-0.1, -0.05) is 17.7 Å². The Bertz CT molecular complexity index is 450. The zero-order valence-corrected chi connectivity index (χ0v) is 9.15. The third-order valence-electron chi connectivity index (χ3n) is 2.63. The Hall–Kier alpha value is -1.84. The molecule has 1 fully saturated rings. The molecular formula is C12H12O4. The van der Waals surface area contributed by atoms with E-state index in [1.807, 2.05) is 19.1 Å². The third kappa shape index (κ3) is 1.78. The van der Waals surface area contributed by atoms with Crippen LogP contribution in [0, 0.1) is 6.92 Å². The standard InChI is InChI=1S/C12H12O4/c1-7-3-4-10(15-2)8(5-7)9-6-11(13)16-12(9)14/h3-5,9H,6H2,1-2H3. The minimum Gasteiger partial charge on any atom is -0.496 e. The highest BCUT2D eigenvalue weighted by atomic mass is 16.6. The van der Waals surface area contributed by atoms with Crippen LogP contribution in [0.4, 0.5) is 0 Å². The molecule has 0 aromatic heterocycles. The van der Waals surface area contributed by atoms with Gasteiger partial charge >= 0.3 is 11.9 Å². The number of rotatable bonds is 2. The first-order chi connectivity index (χ1) is 7.61. The molecule has 1 aliphatic rings. The van der Waals surface area contributed by atoms with Crippen LogP contribution < -0.4 is 4.74 Å². The lowest BCUT2D eigenvalue weighted by molar-refractivity contribution is -0.152. The van der Waals surface area contributed by atoms with Gasteiger partial charge < -0.3 is 9.47 Å². The summed E-state index contributed by atoms with van der Waals surface area (Å²) < 4.78 is 9.71. The van der Waals surface area contributed by atoms with E-state index in [9.17, 15) is 9.59 Å². The predicted molar refractivity (Wildman–Crippen MR) is 56.2 cm³/mol. The van der Waals surface area contributed by atoms with Crippen molar-refractivity contribution in [3.8, 4) is 5.75 Å². The Balaban J connectivity index is 2.42. The first kappa shape index (κ1) is 10.7. The third-order valence-corrected chi connectivity index (χ3v) is 2.63. The number of hydrogen-bond acceptors (Lipinski definition) is 4. The number of benzene rings is 1. The van der Waals surface area contributed by atoms with Crippen LogP contribution in [-0.2, 0) is 14.3 Å². The van der Waals surface area contributed by atoms with Gasteiger partial charge in [0.05, 0.1) is 19.4 Å². The van der Waals surface area contributed by atoms with Crippen molar-refractivity contribution < 1.29 is 19.1 Å². The fourth-order valence-electron chi connectivity index (χ4n) is 1.84. The number of carbonyl (C=O) groups is 2. The fourth-order valence-corrected chi connectivity index (χ4v) is 1.84. The molecule has 0 N–H and O–H groups in total. The van der Waals surface area contributed by atoms with Gasteiger partial charge in [0.2, 0.25) is 0 Å². The number of esters is 2. The number of ether oxygens (including phenoxy) is 2. The van der Waals surface area contributed by atoms with Gasteiger partial charge in [0.15, 0.2) is 0 Å². The maximum atomic E-state index is 11.5. The van der Waals surface area contributed by atoms with Crippen LogP contribution >= 0.6 is 0 Å². The minimum absolute atomic E-state index is 0.0959. The Labute approximate surface area is 93.2 Å². The Kier molecular flexibility index (Phi) is 2.64. The summed E-state index contributed by atoms with van der Waals surface area (Å²) >= 11 is 0. The maximum Gasteiger partial charge on any atom is 0.321 e. The van der Waals surface area contributed by atoms with Gasteiger partial charge in [0, 0.05) is 5.56 Å². The number of aryl methyl sites for hydroxylation is 1. The normalized spacial score (nSPS) is 19.8. The molecule has 1 aliphatic heterocycles. The second kappa shape index (κ2) is 3.96. The maximum absolute atomic E-state index is 11.5. The Morgan fingerprint density at radius 1 is 1.38 bits per heavy atom. The van der Waals surface area contributed by atoms with Gasteiger partial charge in [0.1, 0.15) is 5.75 Å². The zero-order chi connectivity index (χ0) is 11.7. The van der Waals surface area contributed by atoms with Crippen molar-refractivity contribution in [3.63, 3.8) is 0 Å². The molecular weight excluding hydrogens is 208 g/mol. The topological polar surface area (TPSA) is 52.6 Å². The van der Waals surface area contributed by atoms with E-state index in [0.29, 0.717) is 5.75 Å². The SMILES string of the molecule is COc1ccc(C)cc1C1CC(=O)OC1=O. The lowest BCUT2D eigenvalue weighted by Crippen LogP contribution is -2.07. The molecule has 2 rings (SSSR count). The molecule has 4 heteroatoms. The summed E-state index contributed by atoms with van der Waals surface area (Å²) in [6.45, 7) is 1.92. The molecule has 1 saturated heterocycles. The van der Waals surface area contributed by atoms with Crippen molar-refractivity contribution in [3.05, 3.63) is 29.3 Å². The van der Waals surface area contributed by atoms with Gasteiger partial charge in [-0.15, -0.1) is 0 Å². The van der Waals surface area contributed by atoms with E-state index >= 15 is 0 Å². The fraction of sp³-hybridized carbons (Fsp3) is 0.333. The number of carbonyl (C=O) groups excluding carboxylic acids is 2. The summed E-state index contributed by atoms with van der Waals surface area (Å²) in [5, 5.41) is 0. The van der Waals surface area contributed by atoms with E-state index in [1.165, 1.54) is 7.11 Å². The van der Waals surface area contributed by atoms with Crippen LogP contribution in [0.25, 0.3) is 0 Å². The summed E-state index contributed by atoms with van der Waals surface area (Å²) in [6.07, 6.45) is 0.0959. The zero-order valence-electron chi connectivity index (χ0n) is 9.15. The molecule has 1 aromatic rings. The molecule has 16 heavy (non-hydrogen) atoms. The summed E-state index contributed by atoms with van der Waals surface area (Å²) in [5.41, 5.74) is 1.74. The first-order valence-corrected chi connectivity index (χ1v) is 5.01. The van der Waals surface area contributed by atoms with Gasteiger partial charge in [-0.3, -0.25) is 9.59 Å². The van der Waals surface area contributed by atoms with Crippen molar-refractivity contribution in [1.82, 2.24) is 0 Å². The molecule has 1 heterocycles.